The summed E-state index contributed by atoms with van der Waals surface area (Å²) in [6, 6.07) is 13.9. The number of azo groups is 1. The van der Waals surface area contributed by atoms with E-state index in [0.717, 1.165) is 24.5 Å². The summed E-state index contributed by atoms with van der Waals surface area (Å²) in [4.78, 5) is 12.9. The lowest BCUT2D eigenvalue weighted by molar-refractivity contribution is 0.0697. The van der Waals surface area contributed by atoms with E-state index in [4.69, 9.17) is 5.11 Å². The second kappa shape index (κ2) is 8.43. The molecule has 0 spiro atoms. The van der Waals surface area contributed by atoms with Gasteiger partial charge in [0.15, 0.2) is 0 Å². The minimum atomic E-state index is -0.960. The van der Waals surface area contributed by atoms with Gasteiger partial charge in [-0.2, -0.15) is 10.2 Å². The zero-order valence-corrected chi connectivity index (χ0v) is 13.3. The van der Waals surface area contributed by atoms with Crippen molar-refractivity contribution in [3.05, 3.63) is 79.4 Å². The lowest BCUT2D eigenvalue weighted by Crippen LogP contribution is -2.22. The van der Waals surface area contributed by atoms with Crippen LogP contribution in [0.5, 0.6) is 0 Å². The molecule has 0 radical (unpaired) electrons. The fourth-order valence-electron chi connectivity index (χ4n) is 2.11. The summed E-state index contributed by atoms with van der Waals surface area (Å²) < 4.78 is 0. The molecule has 0 unspecified atom stereocenters. The van der Waals surface area contributed by atoms with E-state index in [-0.39, 0.29) is 5.56 Å². The van der Waals surface area contributed by atoms with E-state index in [1.54, 1.807) is 12.1 Å². The SMILES string of the molecule is C=CCN(CC=C)c1ccc(N=Nc2ccc(C(=O)O)cc2)cc1. The van der Waals surface area contributed by atoms with Crippen molar-refractivity contribution in [1.82, 2.24) is 0 Å². The number of benzene rings is 2. The fourth-order valence-corrected chi connectivity index (χ4v) is 2.11. The molecule has 0 fully saturated rings. The summed E-state index contributed by atoms with van der Waals surface area (Å²) in [6.45, 7) is 9.00. The van der Waals surface area contributed by atoms with Crippen LogP contribution in [0, 0.1) is 0 Å². The molecule has 0 saturated heterocycles. The summed E-state index contributed by atoms with van der Waals surface area (Å²) in [5.74, 6) is -0.960. The van der Waals surface area contributed by atoms with Crippen LogP contribution in [-0.2, 0) is 0 Å². The summed E-state index contributed by atoms with van der Waals surface area (Å²) in [7, 11) is 0. The quantitative estimate of drug-likeness (QED) is 0.551. The van der Waals surface area contributed by atoms with Crippen molar-refractivity contribution in [2.24, 2.45) is 10.2 Å². The van der Waals surface area contributed by atoms with Crippen molar-refractivity contribution in [3.63, 3.8) is 0 Å². The summed E-state index contributed by atoms with van der Waals surface area (Å²) >= 11 is 0. The van der Waals surface area contributed by atoms with Crippen molar-refractivity contribution >= 4 is 23.0 Å². The highest BCUT2D eigenvalue weighted by atomic mass is 16.4. The second-order valence-corrected chi connectivity index (χ2v) is 5.05. The lowest BCUT2D eigenvalue weighted by Gasteiger charge is -2.21. The molecule has 2 rings (SSSR count). The summed E-state index contributed by atoms with van der Waals surface area (Å²) in [5, 5.41) is 17.1. The zero-order valence-electron chi connectivity index (χ0n) is 13.3. The smallest absolute Gasteiger partial charge is 0.335 e. The minimum Gasteiger partial charge on any atom is -0.478 e. The third kappa shape index (κ3) is 4.64. The number of carboxylic acids is 1. The molecule has 5 nitrogen and oxygen atoms in total. The van der Waals surface area contributed by atoms with Crippen LogP contribution in [0.3, 0.4) is 0 Å². The van der Waals surface area contributed by atoms with Crippen molar-refractivity contribution in [2.75, 3.05) is 18.0 Å². The van der Waals surface area contributed by atoms with Gasteiger partial charge in [-0.15, -0.1) is 13.2 Å². The first-order chi connectivity index (χ1) is 11.6. The molecule has 0 atom stereocenters. The van der Waals surface area contributed by atoms with Crippen LogP contribution in [0.1, 0.15) is 10.4 Å². The van der Waals surface area contributed by atoms with E-state index >= 15 is 0 Å². The van der Waals surface area contributed by atoms with E-state index < -0.39 is 5.97 Å². The van der Waals surface area contributed by atoms with Gasteiger partial charge in [-0.25, -0.2) is 4.79 Å². The average Bonchev–Trinajstić information content (AvgIpc) is 2.60. The Hall–Kier alpha value is -3.21. The van der Waals surface area contributed by atoms with Crippen LogP contribution >= 0.6 is 0 Å². The van der Waals surface area contributed by atoms with Crippen molar-refractivity contribution in [3.8, 4) is 0 Å². The Morgan fingerprint density at radius 1 is 0.917 bits per heavy atom. The highest BCUT2D eigenvalue weighted by molar-refractivity contribution is 5.87. The molecule has 0 heterocycles. The maximum atomic E-state index is 10.8. The summed E-state index contributed by atoms with van der Waals surface area (Å²) in [6.07, 6.45) is 3.69. The molecule has 24 heavy (non-hydrogen) atoms. The minimum absolute atomic E-state index is 0.225. The number of hydrogen-bond acceptors (Lipinski definition) is 4. The molecule has 5 heteroatoms. The van der Waals surface area contributed by atoms with E-state index in [0.29, 0.717) is 5.69 Å². The predicted molar refractivity (Wildman–Crippen MR) is 96.6 cm³/mol. The largest absolute Gasteiger partial charge is 0.478 e. The van der Waals surface area contributed by atoms with Crippen molar-refractivity contribution in [1.29, 1.82) is 0 Å². The van der Waals surface area contributed by atoms with Gasteiger partial charge in [-0.3, -0.25) is 0 Å². The number of carboxylic acid groups (broad SMARTS) is 1. The molecule has 0 saturated carbocycles. The van der Waals surface area contributed by atoms with Crippen LogP contribution in [0.25, 0.3) is 0 Å². The number of nitrogens with zero attached hydrogens (tertiary/aromatic N) is 3. The fraction of sp³-hybridized carbons (Fsp3) is 0.105. The standard InChI is InChI=1S/C19H19N3O2/c1-3-13-22(14-4-2)18-11-9-17(10-12-18)21-20-16-7-5-15(6-8-16)19(23)24/h3-12H,1-2,13-14H2,(H,23,24). The maximum absolute atomic E-state index is 10.8. The third-order valence-corrected chi connectivity index (χ3v) is 3.31. The number of anilines is 1. The van der Waals surface area contributed by atoms with Gasteiger partial charge in [0.2, 0.25) is 0 Å². The van der Waals surface area contributed by atoms with Crippen LogP contribution < -0.4 is 4.90 Å². The van der Waals surface area contributed by atoms with Gasteiger partial charge in [0.1, 0.15) is 0 Å². The number of hydrogen-bond donors (Lipinski definition) is 1. The highest BCUT2D eigenvalue weighted by Crippen LogP contribution is 2.22. The van der Waals surface area contributed by atoms with Gasteiger partial charge < -0.3 is 10.0 Å². The molecule has 1 N–H and O–H groups in total. The highest BCUT2D eigenvalue weighted by Gasteiger charge is 2.03. The van der Waals surface area contributed by atoms with Gasteiger partial charge in [0.25, 0.3) is 0 Å². The molecule has 0 bridgehead atoms. The van der Waals surface area contributed by atoms with E-state index in [1.165, 1.54) is 12.1 Å². The van der Waals surface area contributed by atoms with Gasteiger partial charge >= 0.3 is 5.97 Å². The molecule has 0 aromatic heterocycles. The Labute approximate surface area is 141 Å². The van der Waals surface area contributed by atoms with Crippen LogP contribution in [0.15, 0.2) is 84.1 Å². The Morgan fingerprint density at radius 3 is 1.79 bits per heavy atom. The molecule has 0 aliphatic carbocycles. The van der Waals surface area contributed by atoms with E-state index in [2.05, 4.69) is 28.3 Å². The predicted octanol–water partition coefficient (Wildman–Crippen LogP) is 4.98. The third-order valence-electron chi connectivity index (χ3n) is 3.31. The monoisotopic (exact) mass is 321 g/mol. The van der Waals surface area contributed by atoms with Crippen LogP contribution in [-0.4, -0.2) is 24.2 Å². The van der Waals surface area contributed by atoms with Gasteiger partial charge in [-0.05, 0) is 48.5 Å². The molecular formula is C19H19N3O2. The Balaban J connectivity index is 2.08. The Morgan fingerprint density at radius 2 is 1.38 bits per heavy atom. The van der Waals surface area contributed by atoms with Crippen LogP contribution in [0.2, 0.25) is 0 Å². The van der Waals surface area contributed by atoms with Gasteiger partial charge in [0, 0.05) is 18.8 Å². The van der Waals surface area contributed by atoms with Gasteiger partial charge in [0.05, 0.1) is 16.9 Å². The first kappa shape index (κ1) is 17.1. The lowest BCUT2D eigenvalue weighted by atomic mass is 10.2. The molecule has 122 valence electrons. The van der Waals surface area contributed by atoms with Crippen LogP contribution in [0.4, 0.5) is 17.1 Å². The Bertz CT molecular complexity index is 724. The van der Waals surface area contributed by atoms with Gasteiger partial charge in [-0.1, -0.05) is 12.2 Å². The molecule has 2 aromatic carbocycles. The molecule has 0 aliphatic heterocycles. The average molecular weight is 321 g/mol. The number of rotatable bonds is 8. The molecule has 0 aliphatic rings. The summed E-state index contributed by atoms with van der Waals surface area (Å²) in [5.41, 5.74) is 2.60. The van der Waals surface area contributed by atoms with Crippen molar-refractivity contribution < 1.29 is 9.90 Å². The number of aromatic carboxylic acids is 1. The molecule has 2 aromatic rings. The second-order valence-electron chi connectivity index (χ2n) is 5.05. The van der Waals surface area contributed by atoms with E-state index in [1.807, 2.05) is 36.4 Å². The number of carbonyl (C=O) groups is 1. The van der Waals surface area contributed by atoms with Crippen molar-refractivity contribution in [2.45, 2.75) is 0 Å². The normalized spacial score (nSPS) is 10.5. The molecular weight excluding hydrogens is 302 g/mol. The Kier molecular flexibility index (Phi) is 6.02. The topological polar surface area (TPSA) is 65.3 Å². The zero-order chi connectivity index (χ0) is 17.4. The first-order valence-electron chi connectivity index (χ1n) is 7.46. The maximum Gasteiger partial charge on any atom is 0.335 e. The first-order valence-corrected chi connectivity index (χ1v) is 7.46. The molecule has 0 amide bonds. The van der Waals surface area contributed by atoms with E-state index in [9.17, 15) is 4.79 Å².